The van der Waals surface area contributed by atoms with Crippen LogP contribution >= 0.6 is 27.5 Å². The van der Waals surface area contributed by atoms with Crippen molar-refractivity contribution in [1.29, 1.82) is 5.26 Å². The second-order valence-electron chi connectivity index (χ2n) is 8.16. The van der Waals surface area contributed by atoms with E-state index < -0.39 is 61.6 Å². The molecule has 0 aliphatic rings. The first-order valence-corrected chi connectivity index (χ1v) is 12.3. The fourth-order valence-corrected chi connectivity index (χ4v) is 4.52. The fourth-order valence-electron chi connectivity index (χ4n) is 2.98. The summed E-state index contributed by atoms with van der Waals surface area (Å²) in [6.45, 7) is 1.81. The monoisotopic (exact) mass is 596 g/mol. The van der Waals surface area contributed by atoms with Gasteiger partial charge in [-0.15, -0.1) is 0 Å². The van der Waals surface area contributed by atoms with Gasteiger partial charge in [0.25, 0.3) is 5.69 Å². The van der Waals surface area contributed by atoms with Gasteiger partial charge in [-0.05, 0) is 39.0 Å². The zero-order chi connectivity index (χ0) is 26.5. The summed E-state index contributed by atoms with van der Waals surface area (Å²) in [7, 11) is -1.69. The Hall–Kier alpha value is -2.40. The van der Waals surface area contributed by atoms with E-state index in [0.717, 1.165) is 12.1 Å². The van der Waals surface area contributed by atoms with Crippen LogP contribution in [0.15, 0.2) is 34.8 Å². The van der Waals surface area contributed by atoms with Crippen LogP contribution in [0.1, 0.15) is 38.8 Å². The van der Waals surface area contributed by atoms with Gasteiger partial charge in [0.1, 0.15) is 11.8 Å². The van der Waals surface area contributed by atoms with Crippen molar-refractivity contribution >= 4 is 49.9 Å². The maximum atomic E-state index is 14.9. The number of rotatable bonds is 10. The molecule has 35 heavy (non-hydrogen) atoms. The molecule has 0 spiro atoms. The predicted octanol–water partition coefficient (Wildman–Crippen LogP) is 6.24. The van der Waals surface area contributed by atoms with Gasteiger partial charge in [-0.3, -0.25) is 10.1 Å². The number of benzene rings is 2. The summed E-state index contributed by atoms with van der Waals surface area (Å²) < 4.78 is 60.4. The summed E-state index contributed by atoms with van der Waals surface area (Å²) >= 11 is 9.07. The molecular formula is C21H21BrClF3N4O4S. The molecule has 0 aliphatic heterocycles. The van der Waals surface area contributed by atoms with E-state index in [2.05, 4.69) is 30.7 Å². The number of nitrogens with zero attached hydrogens (tertiary/aromatic N) is 2. The smallest absolute Gasteiger partial charge is 0.387 e. The third kappa shape index (κ3) is 7.54. The van der Waals surface area contributed by atoms with Crippen molar-refractivity contribution in [3.05, 3.63) is 61.3 Å². The Kier molecular flexibility index (Phi) is 9.91. The number of nitro benzene ring substituents is 1. The summed E-state index contributed by atoms with van der Waals surface area (Å²) in [6, 6.07) is 5.71. The lowest BCUT2D eigenvalue weighted by Crippen LogP contribution is -2.40. The van der Waals surface area contributed by atoms with Crippen LogP contribution in [-0.2, 0) is 11.0 Å². The molecule has 2 rings (SSSR count). The normalized spacial score (nSPS) is 14.2. The highest BCUT2D eigenvalue weighted by molar-refractivity contribution is 9.10. The first-order chi connectivity index (χ1) is 16.3. The van der Waals surface area contributed by atoms with Crippen LogP contribution in [0, 0.1) is 27.3 Å². The summed E-state index contributed by atoms with van der Waals surface area (Å²) in [6.07, 6.45) is -0.274. The topological polar surface area (TPSA) is 117 Å². The van der Waals surface area contributed by atoms with Crippen molar-refractivity contribution in [2.45, 2.75) is 50.6 Å². The largest absolute Gasteiger partial charge is 0.434 e. The van der Waals surface area contributed by atoms with E-state index in [1.54, 1.807) is 20.8 Å². The Balaban J connectivity index is 2.64. The number of anilines is 1. The van der Waals surface area contributed by atoms with Crippen molar-refractivity contribution in [2.24, 2.45) is 0 Å². The molecule has 8 nitrogen and oxygen atoms in total. The van der Waals surface area contributed by atoms with Gasteiger partial charge in [0.2, 0.25) is 0 Å². The van der Waals surface area contributed by atoms with Gasteiger partial charge in [-0.25, -0.2) is 13.3 Å². The fraction of sp³-hybridized carbons (Fsp3) is 0.381. The Morgan fingerprint density at radius 2 is 1.97 bits per heavy atom. The second-order valence-corrected chi connectivity index (χ2v) is 11.4. The van der Waals surface area contributed by atoms with Crippen LogP contribution in [-0.4, -0.2) is 26.5 Å². The zero-order valence-electron chi connectivity index (χ0n) is 18.7. The van der Waals surface area contributed by atoms with Crippen molar-refractivity contribution in [3.63, 3.8) is 0 Å². The number of alkyl halides is 2. The summed E-state index contributed by atoms with van der Waals surface area (Å²) in [4.78, 5) is 10.7. The van der Waals surface area contributed by atoms with Crippen LogP contribution in [0.3, 0.4) is 0 Å². The number of hydrogen-bond donors (Lipinski definition) is 2. The minimum atomic E-state index is -3.21. The van der Waals surface area contributed by atoms with E-state index in [0.29, 0.717) is 0 Å². The molecule has 0 amide bonds. The average molecular weight is 598 g/mol. The van der Waals surface area contributed by atoms with E-state index >= 15 is 0 Å². The highest BCUT2D eigenvalue weighted by atomic mass is 79.9. The molecule has 0 fully saturated rings. The standard InChI is InChI=1S/C21H21BrClF3N4O4S/c1-21(2,3)35(33)29-11(10-27)9-14(17-12(22)5-4-6-16(17)34-20(25)26)28-19-15(30(31)32)8-7-13(23)18(19)24/h4-8,11,14,20,28-29H,9H2,1-3H3/t11?,14-,35?/m1/s1. The number of nitrogens with one attached hydrogen (secondary N) is 2. The maximum absolute atomic E-state index is 14.9. The molecule has 0 saturated carbocycles. The van der Waals surface area contributed by atoms with Gasteiger partial charge >= 0.3 is 6.61 Å². The minimum absolute atomic E-state index is 0.0325. The number of ether oxygens (including phenoxy) is 1. The highest BCUT2D eigenvalue weighted by Crippen LogP contribution is 2.41. The van der Waals surface area contributed by atoms with Gasteiger partial charge in [0.15, 0.2) is 11.5 Å². The molecule has 2 aromatic carbocycles. The van der Waals surface area contributed by atoms with E-state index in [4.69, 9.17) is 11.6 Å². The van der Waals surface area contributed by atoms with Crippen LogP contribution in [0.25, 0.3) is 0 Å². The molecule has 190 valence electrons. The Labute approximate surface area is 215 Å². The van der Waals surface area contributed by atoms with Crippen LogP contribution in [0.5, 0.6) is 5.75 Å². The number of halogens is 5. The molecular weight excluding hydrogens is 577 g/mol. The van der Waals surface area contributed by atoms with Crippen molar-refractivity contribution in [3.8, 4) is 11.8 Å². The van der Waals surface area contributed by atoms with Crippen molar-refractivity contribution in [2.75, 3.05) is 5.32 Å². The molecule has 2 N–H and O–H groups in total. The molecule has 3 atom stereocenters. The molecule has 0 bridgehead atoms. The third-order valence-corrected chi connectivity index (χ3v) is 7.19. The molecule has 0 aliphatic carbocycles. The van der Waals surface area contributed by atoms with E-state index in [9.17, 15) is 32.8 Å². The molecule has 0 aromatic heterocycles. The van der Waals surface area contributed by atoms with Gasteiger partial charge in [0, 0.05) is 22.5 Å². The van der Waals surface area contributed by atoms with E-state index in [1.165, 1.54) is 18.2 Å². The van der Waals surface area contributed by atoms with Crippen molar-refractivity contribution < 1.29 is 27.0 Å². The minimum Gasteiger partial charge on any atom is -0.434 e. The first kappa shape index (κ1) is 28.8. The highest BCUT2D eigenvalue weighted by Gasteiger charge is 2.31. The molecule has 0 heterocycles. The summed E-state index contributed by atoms with van der Waals surface area (Å²) in [5.74, 6) is -1.46. The van der Waals surface area contributed by atoms with Crippen molar-refractivity contribution in [1.82, 2.24) is 4.72 Å². The maximum Gasteiger partial charge on any atom is 0.387 e. The Morgan fingerprint density at radius 1 is 1.31 bits per heavy atom. The lowest BCUT2D eigenvalue weighted by molar-refractivity contribution is -0.384. The molecule has 0 radical (unpaired) electrons. The first-order valence-electron chi connectivity index (χ1n) is 9.96. The summed E-state index contributed by atoms with van der Waals surface area (Å²) in [5, 5.41) is 23.4. The summed E-state index contributed by atoms with van der Waals surface area (Å²) in [5.41, 5.74) is -1.25. The van der Waals surface area contributed by atoms with Crippen LogP contribution in [0.2, 0.25) is 5.02 Å². The van der Waals surface area contributed by atoms with Crippen LogP contribution in [0.4, 0.5) is 24.5 Å². The zero-order valence-corrected chi connectivity index (χ0v) is 21.8. The Bertz CT molecular complexity index is 1160. The molecule has 2 aromatic rings. The Morgan fingerprint density at radius 3 is 2.51 bits per heavy atom. The van der Waals surface area contributed by atoms with Crippen LogP contribution < -0.4 is 14.8 Å². The SMILES string of the molecule is CC(C)(C)S(=O)NC(C#N)C[C@@H](Nc1c([N+](=O)[O-])ccc(Cl)c1F)c1c(Br)cccc1OC(F)F. The quantitative estimate of drug-likeness (QED) is 0.247. The van der Waals surface area contributed by atoms with Gasteiger partial charge in [-0.2, -0.15) is 14.0 Å². The molecule has 2 unspecified atom stereocenters. The number of nitriles is 1. The van der Waals surface area contributed by atoms with E-state index in [1.807, 2.05) is 6.07 Å². The second kappa shape index (κ2) is 12.0. The molecule has 0 saturated heterocycles. The lowest BCUT2D eigenvalue weighted by atomic mass is 9.98. The third-order valence-electron chi connectivity index (χ3n) is 4.60. The molecule has 14 heteroatoms. The number of nitro groups is 1. The average Bonchev–Trinajstić information content (AvgIpc) is 2.74. The van der Waals surface area contributed by atoms with Gasteiger partial charge in [-0.1, -0.05) is 33.6 Å². The number of hydrogen-bond acceptors (Lipinski definition) is 6. The van der Waals surface area contributed by atoms with Gasteiger partial charge < -0.3 is 10.1 Å². The predicted molar refractivity (Wildman–Crippen MR) is 130 cm³/mol. The lowest BCUT2D eigenvalue weighted by Gasteiger charge is -2.27. The van der Waals surface area contributed by atoms with E-state index in [-0.39, 0.29) is 22.2 Å². The van der Waals surface area contributed by atoms with Gasteiger partial charge in [0.05, 0.1) is 37.8 Å².